The van der Waals surface area contributed by atoms with Gasteiger partial charge in [-0.3, -0.25) is 4.79 Å². The lowest BCUT2D eigenvalue weighted by molar-refractivity contribution is -0.140. The van der Waals surface area contributed by atoms with Crippen LogP contribution in [-0.2, 0) is 14.8 Å². The van der Waals surface area contributed by atoms with Gasteiger partial charge in [-0.1, -0.05) is 6.07 Å². The second-order valence-electron chi connectivity index (χ2n) is 5.00. The number of hydrogen-bond donors (Lipinski definition) is 1. The average Bonchev–Trinajstić information content (AvgIpc) is 2.89. The van der Waals surface area contributed by atoms with Crippen molar-refractivity contribution in [3.8, 4) is 0 Å². The van der Waals surface area contributed by atoms with E-state index in [1.165, 1.54) is 6.07 Å². The lowest BCUT2D eigenvalue weighted by atomic mass is 10.2. The Kier molecular flexibility index (Phi) is 4.01. The molecule has 0 amide bonds. The van der Waals surface area contributed by atoms with Crippen LogP contribution < -0.4 is 4.90 Å². The Morgan fingerprint density at radius 1 is 1.40 bits per heavy atom. The van der Waals surface area contributed by atoms with Crippen molar-refractivity contribution < 1.29 is 18.3 Å². The predicted molar refractivity (Wildman–Crippen MR) is 75.3 cm³/mol. The van der Waals surface area contributed by atoms with Crippen LogP contribution in [0.3, 0.4) is 0 Å². The lowest BCUT2D eigenvalue weighted by Gasteiger charge is -2.22. The molecule has 1 atom stereocenters. The zero-order valence-electron chi connectivity index (χ0n) is 11.5. The SMILES string of the molecule is CN(C)c1cccc(S(=O)(=O)N2CCC[C@H]2C(=O)O)c1. The molecular weight excluding hydrogens is 280 g/mol. The summed E-state index contributed by atoms with van der Waals surface area (Å²) in [6.07, 6.45) is 0.936. The fourth-order valence-corrected chi connectivity index (χ4v) is 4.02. The van der Waals surface area contributed by atoms with Crippen molar-refractivity contribution in [2.24, 2.45) is 0 Å². The van der Waals surface area contributed by atoms with Crippen LogP contribution in [0.1, 0.15) is 12.8 Å². The lowest BCUT2D eigenvalue weighted by Crippen LogP contribution is -2.40. The highest BCUT2D eigenvalue weighted by Gasteiger charge is 2.39. The molecule has 1 heterocycles. The van der Waals surface area contributed by atoms with E-state index in [-0.39, 0.29) is 11.4 Å². The number of nitrogens with zero attached hydrogens (tertiary/aromatic N) is 2. The highest BCUT2D eigenvalue weighted by Crippen LogP contribution is 2.27. The third-order valence-corrected chi connectivity index (χ3v) is 5.33. The van der Waals surface area contributed by atoms with Gasteiger partial charge in [-0.25, -0.2) is 8.42 Å². The topological polar surface area (TPSA) is 77.9 Å². The maximum Gasteiger partial charge on any atom is 0.322 e. The first kappa shape index (κ1) is 14.8. The number of hydrogen-bond acceptors (Lipinski definition) is 4. The normalized spacial score (nSPS) is 20.0. The average molecular weight is 298 g/mol. The molecule has 2 rings (SSSR count). The van der Waals surface area contributed by atoms with E-state index in [2.05, 4.69) is 0 Å². The Labute approximate surface area is 118 Å². The summed E-state index contributed by atoms with van der Waals surface area (Å²) in [7, 11) is -0.121. The molecule has 0 spiro atoms. The minimum atomic E-state index is -3.76. The largest absolute Gasteiger partial charge is 0.480 e. The van der Waals surface area contributed by atoms with E-state index in [4.69, 9.17) is 5.11 Å². The number of benzene rings is 1. The predicted octanol–water partition coefficient (Wildman–Crippen LogP) is 0.990. The summed E-state index contributed by atoms with van der Waals surface area (Å²) >= 11 is 0. The van der Waals surface area contributed by atoms with Crippen molar-refractivity contribution >= 4 is 21.7 Å². The molecule has 0 radical (unpaired) electrons. The van der Waals surface area contributed by atoms with Crippen LogP contribution in [0.5, 0.6) is 0 Å². The van der Waals surface area contributed by atoms with E-state index < -0.39 is 22.0 Å². The molecule has 1 aromatic rings. The van der Waals surface area contributed by atoms with Gasteiger partial charge >= 0.3 is 5.97 Å². The number of aliphatic carboxylic acids is 1. The number of rotatable bonds is 4. The number of anilines is 1. The molecule has 110 valence electrons. The summed E-state index contributed by atoms with van der Waals surface area (Å²) < 4.78 is 26.2. The van der Waals surface area contributed by atoms with Crippen LogP contribution in [0.25, 0.3) is 0 Å². The molecule has 1 aromatic carbocycles. The first-order chi connectivity index (χ1) is 9.34. The molecule has 6 nitrogen and oxygen atoms in total. The third kappa shape index (κ3) is 2.64. The quantitative estimate of drug-likeness (QED) is 0.897. The van der Waals surface area contributed by atoms with Gasteiger partial charge in [0.05, 0.1) is 4.90 Å². The van der Waals surface area contributed by atoms with Gasteiger partial charge in [-0.05, 0) is 31.0 Å². The highest BCUT2D eigenvalue weighted by molar-refractivity contribution is 7.89. The van der Waals surface area contributed by atoms with Gasteiger partial charge in [0.15, 0.2) is 0 Å². The number of carbonyl (C=O) groups is 1. The number of sulfonamides is 1. The van der Waals surface area contributed by atoms with E-state index in [1.54, 1.807) is 23.1 Å². The molecule has 1 fully saturated rings. The first-order valence-electron chi connectivity index (χ1n) is 6.36. The zero-order chi connectivity index (χ0) is 14.9. The zero-order valence-corrected chi connectivity index (χ0v) is 12.3. The molecule has 1 aliphatic heterocycles. The summed E-state index contributed by atoms with van der Waals surface area (Å²) in [4.78, 5) is 13.1. The third-order valence-electron chi connectivity index (χ3n) is 3.43. The molecule has 1 aliphatic rings. The molecule has 0 saturated carbocycles. The van der Waals surface area contributed by atoms with Crippen molar-refractivity contribution in [2.75, 3.05) is 25.5 Å². The van der Waals surface area contributed by atoms with Gasteiger partial charge in [0, 0.05) is 26.3 Å². The monoisotopic (exact) mass is 298 g/mol. The Balaban J connectivity index is 2.40. The Morgan fingerprint density at radius 3 is 2.70 bits per heavy atom. The maximum absolute atomic E-state index is 12.6. The Morgan fingerprint density at radius 2 is 2.10 bits per heavy atom. The summed E-state index contributed by atoms with van der Waals surface area (Å²) in [5.74, 6) is -1.09. The summed E-state index contributed by atoms with van der Waals surface area (Å²) in [5, 5.41) is 9.12. The summed E-state index contributed by atoms with van der Waals surface area (Å²) in [5.41, 5.74) is 0.761. The van der Waals surface area contributed by atoms with Crippen LogP contribution in [-0.4, -0.2) is 50.5 Å². The van der Waals surface area contributed by atoms with E-state index in [1.807, 2.05) is 14.1 Å². The van der Waals surface area contributed by atoms with Crippen molar-refractivity contribution in [2.45, 2.75) is 23.8 Å². The van der Waals surface area contributed by atoms with Gasteiger partial charge in [0.2, 0.25) is 10.0 Å². The van der Waals surface area contributed by atoms with E-state index in [0.717, 1.165) is 9.99 Å². The van der Waals surface area contributed by atoms with E-state index in [9.17, 15) is 13.2 Å². The number of carboxylic acid groups (broad SMARTS) is 1. The van der Waals surface area contributed by atoms with Gasteiger partial charge in [-0.15, -0.1) is 0 Å². The van der Waals surface area contributed by atoms with Crippen molar-refractivity contribution in [1.29, 1.82) is 0 Å². The van der Waals surface area contributed by atoms with Crippen LogP contribution >= 0.6 is 0 Å². The fraction of sp³-hybridized carbons (Fsp3) is 0.462. The molecule has 0 aliphatic carbocycles. The first-order valence-corrected chi connectivity index (χ1v) is 7.80. The van der Waals surface area contributed by atoms with Gasteiger partial charge in [0.25, 0.3) is 0 Å². The molecule has 0 unspecified atom stereocenters. The minimum Gasteiger partial charge on any atom is -0.480 e. The van der Waals surface area contributed by atoms with Crippen molar-refractivity contribution in [1.82, 2.24) is 4.31 Å². The standard InChI is InChI=1S/C13H18N2O4S/c1-14(2)10-5-3-6-11(9-10)20(18,19)15-8-4-7-12(15)13(16)17/h3,5-6,9,12H,4,7-8H2,1-2H3,(H,16,17)/t12-/m0/s1. The van der Waals surface area contributed by atoms with Crippen molar-refractivity contribution in [3.05, 3.63) is 24.3 Å². The Hall–Kier alpha value is -1.60. The highest BCUT2D eigenvalue weighted by atomic mass is 32.2. The van der Waals surface area contributed by atoms with Gasteiger partial charge in [-0.2, -0.15) is 4.31 Å². The Bertz CT molecular complexity index is 613. The van der Waals surface area contributed by atoms with E-state index >= 15 is 0 Å². The minimum absolute atomic E-state index is 0.136. The van der Waals surface area contributed by atoms with Crippen LogP contribution in [0, 0.1) is 0 Å². The molecule has 0 aromatic heterocycles. The fourth-order valence-electron chi connectivity index (χ4n) is 2.33. The van der Waals surface area contributed by atoms with Gasteiger partial charge in [0.1, 0.15) is 6.04 Å². The van der Waals surface area contributed by atoms with Crippen LogP contribution in [0.2, 0.25) is 0 Å². The summed E-state index contributed by atoms with van der Waals surface area (Å²) in [6, 6.07) is 5.57. The molecule has 1 N–H and O–H groups in total. The molecule has 1 saturated heterocycles. The smallest absolute Gasteiger partial charge is 0.322 e. The second kappa shape index (κ2) is 5.41. The molecule has 20 heavy (non-hydrogen) atoms. The number of carboxylic acids is 1. The molecule has 7 heteroatoms. The second-order valence-corrected chi connectivity index (χ2v) is 6.89. The summed E-state index contributed by atoms with van der Waals surface area (Å²) in [6.45, 7) is 0.255. The molecule has 0 bridgehead atoms. The van der Waals surface area contributed by atoms with E-state index in [0.29, 0.717) is 12.8 Å². The van der Waals surface area contributed by atoms with Crippen molar-refractivity contribution in [3.63, 3.8) is 0 Å². The maximum atomic E-state index is 12.6. The van der Waals surface area contributed by atoms with Crippen LogP contribution in [0.15, 0.2) is 29.2 Å². The molecular formula is C13H18N2O4S. The van der Waals surface area contributed by atoms with Crippen LogP contribution in [0.4, 0.5) is 5.69 Å². The van der Waals surface area contributed by atoms with Gasteiger partial charge < -0.3 is 10.0 Å².